The van der Waals surface area contributed by atoms with Gasteiger partial charge in [0.25, 0.3) is 0 Å². The van der Waals surface area contributed by atoms with Crippen molar-refractivity contribution in [2.75, 3.05) is 13.7 Å². The van der Waals surface area contributed by atoms with Crippen LogP contribution in [0.25, 0.3) is 0 Å². The zero-order valence-electron chi connectivity index (χ0n) is 18.0. The van der Waals surface area contributed by atoms with Crippen LogP contribution < -0.4 is 0 Å². The predicted octanol–water partition coefficient (Wildman–Crippen LogP) is 3.53. The Labute approximate surface area is 168 Å². The second-order valence-corrected chi connectivity index (χ2v) is 14.0. The molecule has 6 nitrogen and oxygen atoms in total. The molecule has 0 aromatic rings. The Balaban J connectivity index is 2.07. The van der Waals surface area contributed by atoms with Crippen molar-refractivity contribution in [2.45, 2.75) is 76.5 Å². The Hall–Kier alpha value is -1.44. The highest BCUT2D eigenvalue weighted by Crippen LogP contribution is 2.54. The molecule has 1 fully saturated rings. The third-order valence-electron chi connectivity index (χ3n) is 6.64. The Kier molecular flexibility index (Phi) is 5.40. The summed E-state index contributed by atoms with van der Waals surface area (Å²) in [5, 5.41) is 0.0399. The van der Waals surface area contributed by atoms with E-state index in [0.29, 0.717) is 12.0 Å². The molecular formula is C21H32O6Si. The van der Waals surface area contributed by atoms with Crippen molar-refractivity contribution in [1.29, 1.82) is 0 Å². The molecule has 28 heavy (non-hydrogen) atoms. The summed E-state index contributed by atoms with van der Waals surface area (Å²) in [5.74, 6) is -1.09. The molecule has 156 valence electrons. The molecule has 0 amide bonds. The van der Waals surface area contributed by atoms with E-state index in [0.717, 1.165) is 12.0 Å². The van der Waals surface area contributed by atoms with E-state index < -0.39 is 26.0 Å². The summed E-state index contributed by atoms with van der Waals surface area (Å²) in [7, 11) is -0.711. The summed E-state index contributed by atoms with van der Waals surface area (Å²) in [6, 6.07) is 0. The number of methoxy groups -OCH3 is 1. The maximum absolute atomic E-state index is 12.8. The standard InChI is InChI=1S/C21H32O6Si/c1-8-25-18(22)17-14-11-12-21(26-14,19(23)24-5)13-9-10-15(16(13)17)27-28(6,7)20(2,3)4/h11-15H,8-10H2,1-7H3/t13-,14+,15+,21-/m0/s1. The molecule has 4 atom stereocenters. The quantitative estimate of drug-likeness (QED) is 0.394. The van der Waals surface area contributed by atoms with Gasteiger partial charge in [0.05, 0.1) is 25.4 Å². The molecule has 0 N–H and O–H groups in total. The van der Waals surface area contributed by atoms with Gasteiger partial charge in [-0.1, -0.05) is 26.8 Å². The molecule has 2 bridgehead atoms. The zero-order chi connectivity index (χ0) is 20.9. The van der Waals surface area contributed by atoms with Crippen LogP contribution in [0.5, 0.6) is 0 Å². The summed E-state index contributed by atoms with van der Waals surface area (Å²) in [6.45, 7) is 13.0. The first-order valence-corrected chi connectivity index (χ1v) is 12.9. The molecule has 0 unspecified atom stereocenters. The van der Waals surface area contributed by atoms with E-state index in [1.165, 1.54) is 7.11 Å². The third-order valence-corrected chi connectivity index (χ3v) is 11.1. The molecule has 0 aromatic carbocycles. The summed E-state index contributed by atoms with van der Waals surface area (Å²) in [5.41, 5.74) is 0.201. The van der Waals surface area contributed by atoms with Crippen LogP contribution in [0, 0.1) is 5.92 Å². The normalized spacial score (nSPS) is 31.8. The molecule has 2 aliphatic heterocycles. The molecule has 1 saturated carbocycles. The maximum Gasteiger partial charge on any atom is 0.342 e. The molecule has 2 heterocycles. The molecule has 0 spiro atoms. The largest absolute Gasteiger partial charge is 0.467 e. The van der Waals surface area contributed by atoms with Gasteiger partial charge in [0, 0.05) is 5.92 Å². The van der Waals surface area contributed by atoms with Gasteiger partial charge in [-0.25, -0.2) is 9.59 Å². The Bertz CT molecular complexity index is 732. The minimum atomic E-state index is -2.08. The third kappa shape index (κ3) is 3.17. The topological polar surface area (TPSA) is 71.1 Å². The second-order valence-electron chi connectivity index (χ2n) is 9.27. The molecular weight excluding hydrogens is 376 g/mol. The van der Waals surface area contributed by atoms with Crippen LogP contribution in [0.2, 0.25) is 18.1 Å². The van der Waals surface area contributed by atoms with Gasteiger partial charge in [0.15, 0.2) is 13.9 Å². The number of esters is 2. The molecule has 0 aromatic heterocycles. The number of carbonyl (C=O) groups is 2. The van der Waals surface area contributed by atoms with E-state index >= 15 is 0 Å². The van der Waals surface area contributed by atoms with Crippen molar-refractivity contribution in [3.63, 3.8) is 0 Å². The molecule has 1 aliphatic carbocycles. The number of hydrogen-bond donors (Lipinski definition) is 0. The summed E-state index contributed by atoms with van der Waals surface area (Å²) < 4.78 is 23.2. The minimum absolute atomic E-state index is 0.0399. The fourth-order valence-corrected chi connectivity index (χ4v) is 5.52. The van der Waals surface area contributed by atoms with Crippen molar-refractivity contribution in [3.05, 3.63) is 23.3 Å². The first kappa shape index (κ1) is 21.3. The molecule has 7 heteroatoms. The summed E-state index contributed by atoms with van der Waals surface area (Å²) >= 11 is 0. The van der Waals surface area contributed by atoms with Gasteiger partial charge >= 0.3 is 11.9 Å². The second kappa shape index (κ2) is 7.11. The molecule has 0 radical (unpaired) electrons. The fraction of sp³-hybridized carbons (Fsp3) is 0.714. The lowest BCUT2D eigenvalue weighted by Crippen LogP contribution is -2.52. The highest BCUT2D eigenvalue weighted by Gasteiger charge is 2.61. The van der Waals surface area contributed by atoms with Gasteiger partial charge in [-0.05, 0) is 49.5 Å². The number of hydrogen-bond acceptors (Lipinski definition) is 6. The first-order valence-electron chi connectivity index (χ1n) is 10.0. The molecule has 3 rings (SSSR count). The summed E-state index contributed by atoms with van der Waals surface area (Å²) in [4.78, 5) is 25.5. The van der Waals surface area contributed by atoms with Gasteiger partial charge in [0.1, 0.15) is 6.10 Å². The highest BCUT2D eigenvalue weighted by atomic mass is 28.4. The van der Waals surface area contributed by atoms with Crippen molar-refractivity contribution in [1.82, 2.24) is 0 Å². The van der Waals surface area contributed by atoms with Crippen LogP contribution in [0.3, 0.4) is 0 Å². The number of ether oxygens (including phenoxy) is 3. The van der Waals surface area contributed by atoms with Crippen LogP contribution in [0.15, 0.2) is 23.3 Å². The van der Waals surface area contributed by atoms with Gasteiger partial charge in [-0.2, -0.15) is 0 Å². The molecule has 3 aliphatic rings. The fourth-order valence-electron chi connectivity index (χ4n) is 4.21. The van der Waals surface area contributed by atoms with Crippen molar-refractivity contribution < 1.29 is 28.2 Å². The van der Waals surface area contributed by atoms with Gasteiger partial charge < -0.3 is 18.6 Å². The van der Waals surface area contributed by atoms with Crippen LogP contribution in [0.1, 0.15) is 40.5 Å². The van der Waals surface area contributed by atoms with Crippen molar-refractivity contribution in [3.8, 4) is 0 Å². The molecule has 0 saturated heterocycles. The van der Waals surface area contributed by atoms with Crippen molar-refractivity contribution in [2.24, 2.45) is 5.92 Å². The Morgan fingerprint density at radius 2 is 1.96 bits per heavy atom. The Morgan fingerprint density at radius 1 is 1.29 bits per heavy atom. The van der Waals surface area contributed by atoms with Gasteiger partial charge in [0.2, 0.25) is 0 Å². The first-order chi connectivity index (χ1) is 13.0. The van der Waals surface area contributed by atoms with Crippen LogP contribution in [-0.4, -0.2) is 51.8 Å². The predicted molar refractivity (Wildman–Crippen MR) is 107 cm³/mol. The zero-order valence-corrected chi connectivity index (χ0v) is 19.0. The van der Waals surface area contributed by atoms with E-state index in [2.05, 4.69) is 33.9 Å². The lowest BCUT2D eigenvalue weighted by atomic mass is 9.80. The SMILES string of the molecule is CCOC(=O)C1=C2[C@H](O[Si](C)(C)C(C)(C)C)CC[C@@H]2[C@]2(C(=O)OC)C=C[C@H]1O2. The van der Waals surface area contributed by atoms with Crippen molar-refractivity contribution >= 4 is 20.3 Å². The average Bonchev–Trinajstić information content (AvgIpc) is 3.18. The minimum Gasteiger partial charge on any atom is -0.467 e. The summed E-state index contributed by atoms with van der Waals surface area (Å²) in [6.07, 6.45) is 4.17. The van der Waals surface area contributed by atoms with E-state index in [9.17, 15) is 9.59 Å². The van der Waals surface area contributed by atoms with Crippen LogP contribution in [-0.2, 0) is 28.2 Å². The van der Waals surface area contributed by atoms with Gasteiger partial charge in [-0.3, -0.25) is 0 Å². The van der Waals surface area contributed by atoms with E-state index in [-0.39, 0.29) is 29.6 Å². The number of carbonyl (C=O) groups excluding carboxylic acids is 2. The van der Waals surface area contributed by atoms with E-state index in [1.807, 2.05) is 0 Å². The van der Waals surface area contributed by atoms with Crippen LogP contribution >= 0.6 is 0 Å². The maximum atomic E-state index is 12.8. The lowest BCUT2D eigenvalue weighted by Gasteiger charge is -2.42. The smallest absolute Gasteiger partial charge is 0.342 e. The Morgan fingerprint density at radius 3 is 2.54 bits per heavy atom. The number of rotatable bonds is 5. The average molecular weight is 409 g/mol. The van der Waals surface area contributed by atoms with E-state index in [4.69, 9.17) is 18.6 Å². The van der Waals surface area contributed by atoms with E-state index in [1.54, 1.807) is 19.1 Å². The van der Waals surface area contributed by atoms with Crippen LogP contribution in [0.4, 0.5) is 0 Å². The lowest BCUT2D eigenvalue weighted by molar-refractivity contribution is -0.171. The highest BCUT2D eigenvalue weighted by molar-refractivity contribution is 6.74. The monoisotopic (exact) mass is 408 g/mol. The van der Waals surface area contributed by atoms with Gasteiger partial charge in [-0.15, -0.1) is 0 Å². The number of fused-ring (bicyclic) bond motifs is 4.